The first-order valence-corrected chi connectivity index (χ1v) is 8.57. The van der Waals surface area contributed by atoms with Gasteiger partial charge in [0.2, 0.25) is 6.79 Å². The number of halogens is 1. The summed E-state index contributed by atoms with van der Waals surface area (Å²) in [4.78, 5) is 0. The van der Waals surface area contributed by atoms with Gasteiger partial charge in [-0.3, -0.25) is 0 Å². The van der Waals surface area contributed by atoms with E-state index in [9.17, 15) is 0 Å². The minimum atomic E-state index is 0.323. The Morgan fingerprint density at radius 3 is 3.11 bits per heavy atom. The molecule has 1 atom stereocenters. The van der Waals surface area contributed by atoms with Crippen molar-refractivity contribution in [1.82, 2.24) is 5.32 Å². The SMILES string of the molecule is Brc1cc(CNCC2CCCCS2)cc2c1OCO2. The number of fused-ring (bicyclic) bond motifs is 1. The molecule has 5 heteroatoms. The Morgan fingerprint density at radius 1 is 1.32 bits per heavy atom. The Morgan fingerprint density at radius 2 is 2.26 bits per heavy atom. The van der Waals surface area contributed by atoms with Crippen molar-refractivity contribution in [1.29, 1.82) is 0 Å². The monoisotopic (exact) mass is 343 g/mol. The average Bonchev–Trinajstić information content (AvgIpc) is 2.89. The molecule has 1 unspecified atom stereocenters. The fourth-order valence-corrected chi connectivity index (χ4v) is 4.35. The van der Waals surface area contributed by atoms with Crippen molar-refractivity contribution in [2.24, 2.45) is 0 Å². The van der Waals surface area contributed by atoms with Crippen LogP contribution in [0.3, 0.4) is 0 Å². The molecular formula is C14H18BrNO2S. The zero-order valence-corrected chi connectivity index (χ0v) is 13.2. The molecule has 1 aromatic carbocycles. The van der Waals surface area contributed by atoms with Crippen molar-refractivity contribution in [3.05, 3.63) is 22.2 Å². The van der Waals surface area contributed by atoms with Crippen molar-refractivity contribution in [2.45, 2.75) is 31.1 Å². The van der Waals surface area contributed by atoms with Gasteiger partial charge in [-0.2, -0.15) is 11.8 Å². The van der Waals surface area contributed by atoms with Crippen molar-refractivity contribution < 1.29 is 9.47 Å². The van der Waals surface area contributed by atoms with Gasteiger partial charge in [-0.15, -0.1) is 0 Å². The Kier molecular flexibility index (Phi) is 4.56. The molecule has 0 aliphatic carbocycles. The Hall–Kier alpha value is -0.390. The van der Waals surface area contributed by atoms with E-state index in [4.69, 9.17) is 9.47 Å². The summed E-state index contributed by atoms with van der Waals surface area (Å²) in [6, 6.07) is 4.17. The third kappa shape index (κ3) is 3.38. The number of hydrogen-bond donors (Lipinski definition) is 1. The van der Waals surface area contributed by atoms with E-state index in [1.54, 1.807) is 0 Å². The molecule has 1 fully saturated rings. The minimum Gasteiger partial charge on any atom is -0.454 e. The fourth-order valence-electron chi connectivity index (χ4n) is 2.47. The predicted octanol–water partition coefficient (Wildman–Crippen LogP) is 3.55. The van der Waals surface area contributed by atoms with E-state index < -0.39 is 0 Å². The number of benzene rings is 1. The third-order valence-corrected chi connectivity index (χ3v) is 5.45. The van der Waals surface area contributed by atoms with Gasteiger partial charge in [0, 0.05) is 18.3 Å². The molecule has 0 bridgehead atoms. The predicted molar refractivity (Wildman–Crippen MR) is 82.1 cm³/mol. The lowest BCUT2D eigenvalue weighted by molar-refractivity contribution is 0.173. The normalized spacial score (nSPS) is 21.6. The molecule has 2 heterocycles. The van der Waals surface area contributed by atoms with Crippen molar-refractivity contribution in [2.75, 3.05) is 19.1 Å². The first-order chi connectivity index (χ1) is 9.33. The summed E-state index contributed by atoms with van der Waals surface area (Å²) in [5, 5.41) is 4.34. The Bertz CT molecular complexity index is 449. The Balaban J connectivity index is 1.54. The second-order valence-corrected chi connectivity index (χ2v) is 7.19. The quantitative estimate of drug-likeness (QED) is 0.905. The number of ether oxygens (including phenoxy) is 2. The first kappa shape index (κ1) is 13.6. The van der Waals surface area contributed by atoms with E-state index in [1.165, 1.54) is 30.6 Å². The molecule has 3 nitrogen and oxygen atoms in total. The lowest BCUT2D eigenvalue weighted by Crippen LogP contribution is -2.26. The summed E-state index contributed by atoms with van der Waals surface area (Å²) in [5.74, 6) is 2.99. The molecule has 0 radical (unpaired) electrons. The van der Waals surface area contributed by atoms with E-state index in [1.807, 2.05) is 0 Å². The molecule has 19 heavy (non-hydrogen) atoms. The van der Waals surface area contributed by atoms with Crippen LogP contribution >= 0.6 is 27.7 Å². The number of thioether (sulfide) groups is 1. The molecule has 0 aromatic heterocycles. The van der Waals surface area contributed by atoms with Gasteiger partial charge in [-0.25, -0.2) is 0 Å². The highest BCUT2D eigenvalue weighted by Crippen LogP contribution is 2.39. The summed E-state index contributed by atoms with van der Waals surface area (Å²) in [5.41, 5.74) is 1.23. The lowest BCUT2D eigenvalue weighted by Gasteiger charge is -2.21. The lowest BCUT2D eigenvalue weighted by atomic mass is 10.1. The number of rotatable bonds is 4. The highest BCUT2D eigenvalue weighted by atomic mass is 79.9. The van der Waals surface area contributed by atoms with Gasteiger partial charge < -0.3 is 14.8 Å². The van der Waals surface area contributed by atoms with Gasteiger partial charge in [0.25, 0.3) is 0 Å². The van der Waals surface area contributed by atoms with Crippen LogP contribution in [0.1, 0.15) is 24.8 Å². The molecule has 3 rings (SSSR count). The summed E-state index contributed by atoms with van der Waals surface area (Å²) < 4.78 is 11.8. The summed E-state index contributed by atoms with van der Waals surface area (Å²) >= 11 is 5.63. The maximum Gasteiger partial charge on any atom is 0.231 e. The topological polar surface area (TPSA) is 30.5 Å². The van der Waals surface area contributed by atoms with Crippen LogP contribution in [-0.2, 0) is 6.54 Å². The van der Waals surface area contributed by atoms with Gasteiger partial charge >= 0.3 is 0 Å². The van der Waals surface area contributed by atoms with Gasteiger partial charge in [0.05, 0.1) is 4.47 Å². The maximum absolute atomic E-state index is 5.43. The van der Waals surface area contributed by atoms with Crippen LogP contribution in [0.4, 0.5) is 0 Å². The van der Waals surface area contributed by atoms with Gasteiger partial charge in [-0.1, -0.05) is 6.42 Å². The molecule has 2 aliphatic heterocycles. The van der Waals surface area contributed by atoms with E-state index in [-0.39, 0.29) is 0 Å². The maximum atomic E-state index is 5.43. The second kappa shape index (κ2) is 6.37. The van der Waals surface area contributed by atoms with Gasteiger partial charge in [0.1, 0.15) is 0 Å². The van der Waals surface area contributed by atoms with Crippen LogP contribution in [0, 0.1) is 0 Å². The van der Waals surface area contributed by atoms with Crippen LogP contribution in [0.15, 0.2) is 16.6 Å². The number of nitrogens with one attached hydrogen (secondary N) is 1. The summed E-state index contributed by atoms with van der Waals surface area (Å²) in [6.45, 7) is 2.30. The van der Waals surface area contributed by atoms with Gasteiger partial charge in [-0.05, 0) is 52.2 Å². The van der Waals surface area contributed by atoms with Crippen molar-refractivity contribution in [3.8, 4) is 11.5 Å². The molecule has 2 aliphatic rings. The van der Waals surface area contributed by atoms with Gasteiger partial charge in [0.15, 0.2) is 11.5 Å². The van der Waals surface area contributed by atoms with Crippen LogP contribution in [0.25, 0.3) is 0 Å². The van der Waals surface area contributed by atoms with E-state index in [0.29, 0.717) is 6.79 Å². The van der Waals surface area contributed by atoms with Crippen molar-refractivity contribution in [3.63, 3.8) is 0 Å². The Labute approximate surface area is 126 Å². The van der Waals surface area contributed by atoms with E-state index >= 15 is 0 Å². The molecular weight excluding hydrogens is 326 g/mol. The van der Waals surface area contributed by atoms with E-state index in [0.717, 1.165) is 34.3 Å². The highest BCUT2D eigenvalue weighted by Gasteiger charge is 2.18. The largest absolute Gasteiger partial charge is 0.454 e. The van der Waals surface area contributed by atoms with E-state index in [2.05, 4.69) is 45.1 Å². The smallest absolute Gasteiger partial charge is 0.231 e. The highest BCUT2D eigenvalue weighted by molar-refractivity contribution is 9.10. The molecule has 104 valence electrons. The zero-order chi connectivity index (χ0) is 13.1. The van der Waals surface area contributed by atoms with Crippen molar-refractivity contribution >= 4 is 27.7 Å². The third-order valence-electron chi connectivity index (χ3n) is 3.46. The summed E-state index contributed by atoms with van der Waals surface area (Å²) in [6.07, 6.45) is 4.12. The van der Waals surface area contributed by atoms with Crippen LogP contribution in [0.5, 0.6) is 11.5 Å². The molecule has 1 N–H and O–H groups in total. The van der Waals surface area contributed by atoms with Crippen LogP contribution < -0.4 is 14.8 Å². The second-order valence-electron chi connectivity index (χ2n) is 4.93. The zero-order valence-electron chi connectivity index (χ0n) is 10.8. The molecule has 0 saturated carbocycles. The molecule has 1 saturated heterocycles. The molecule has 1 aromatic rings. The average molecular weight is 344 g/mol. The molecule has 0 amide bonds. The van der Waals surface area contributed by atoms with Crippen LogP contribution in [-0.4, -0.2) is 24.3 Å². The minimum absolute atomic E-state index is 0.323. The number of hydrogen-bond acceptors (Lipinski definition) is 4. The fraction of sp³-hybridized carbons (Fsp3) is 0.571. The van der Waals surface area contributed by atoms with Crippen LogP contribution in [0.2, 0.25) is 0 Å². The molecule has 0 spiro atoms. The standard InChI is InChI=1S/C14H18BrNO2S/c15-12-5-10(6-13-14(12)18-9-17-13)7-16-8-11-3-1-2-4-19-11/h5-6,11,16H,1-4,7-9H2. The summed E-state index contributed by atoms with van der Waals surface area (Å²) in [7, 11) is 0. The first-order valence-electron chi connectivity index (χ1n) is 6.73.